The zero-order valence-electron chi connectivity index (χ0n) is 21.5. The Morgan fingerprint density at radius 2 is 1.86 bits per heavy atom. The van der Waals surface area contributed by atoms with Gasteiger partial charge in [0.25, 0.3) is 0 Å². The van der Waals surface area contributed by atoms with Crippen molar-refractivity contribution in [1.82, 2.24) is 10.2 Å². The summed E-state index contributed by atoms with van der Waals surface area (Å²) in [5, 5.41) is 15.2. The van der Waals surface area contributed by atoms with Gasteiger partial charge in [0, 0.05) is 35.9 Å². The number of likely N-dealkylation sites (tertiary alicyclic amines) is 1. The third kappa shape index (κ3) is 6.00. The molecule has 0 bridgehead atoms. The average Bonchev–Trinajstić information content (AvgIpc) is 3.27. The molecule has 1 heterocycles. The van der Waals surface area contributed by atoms with Crippen LogP contribution in [-0.2, 0) is 24.7 Å². The molecule has 2 amide bonds. The Hall–Kier alpha value is -2.12. The van der Waals surface area contributed by atoms with E-state index >= 15 is 0 Å². The molecule has 1 aromatic carbocycles. The Kier molecular flexibility index (Phi) is 8.53. The van der Waals surface area contributed by atoms with Crippen LogP contribution < -0.4 is 5.32 Å². The third-order valence-corrected chi connectivity index (χ3v) is 7.91. The first-order valence-electron chi connectivity index (χ1n) is 12.6. The van der Waals surface area contributed by atoms with Crippen molar-refractivity contribution in [1.29, 1.82) is 0 Å². The monoisotopic (exact) mass is 506 g/mol. The van der Waals surface area contributed by atoms with E-state index in [1.807, 2.05) is 39.8 Å². The molecule has 3 rings (SSSR count). The molecule has 0 aromatic heterocycles. The highest BCUT2D eigenvalue weighted by Crippen LogP contribution is 2.46. The van der Waals surface area contributed by atoms with Gasteiger partial charge in [0.05, 0.1) is 5.60 Å². The topological polar surface area (TPSA) is 95.9 Å². The molecule has 1 saturated heterocycles. The van der Waals surface area contributed by atoms with Crippen LogP contribution in [0.4, 0.5) is 0 Å². The van der Waals surface area contributed by atoms with Gasteiger partial charge in [-0.15, -0.1) is 0 Å². The summed E-state index contributed by atoms with van der Waals surface area (Å²) in [6.07, 6.45) is 2.25. The summed E-state index contributed by atoms with van der Waals surface area (Å²) in [6.45, 7) is 10.3. The highest BCUT2D eigenvalue weighted by Gasteiger charge is 2.50. The molecule has 0 unspecified atom stereocenters. The predicted molar refractivity (Wildman–Crippen MR) is 135 cm³/mol. The maximum Gasteiger partial charge on any atom is 0.305 e. The second-order valence-electron chi connectivity index (χ2n) is 11.0. The molecule has 2 fully saturated rings. The van der Waals surface area contributed by atoms with E-state index in [9.17, 15) is 19.5 Å². The van der Waals surface area contributed by atoms with Gasteiger partial charge in [-0.1, -0.05) is 58.4 Å². The van der Waals surface area contributed by atoms with Crippen molar-refractivity contribution in [2.24, 2.45) is 17.3 Å². The lowest BCUT2D eigenvalue weighted by Crippen LogP contribution is -2.60. The summed E-state index contributed by atoms with van der Waals surface area (Å²) < 4.78 is 5.40. The van der Waals surface area contributed by atoms with Crippen molar-refractivity contribution in [3.8, 4) is 0 Å². The van der Waals surface area contributed by atoms with Crippen molar-refractivity contribution >= 4 is 29.4 Å². The molecule has 1 saturated carbocycles. The molecule has 8 heteroatoms. The van der Waals surface area contributed by atoms with Crippen LogP contribution in [0.5, 0.6) is 0 Å². The minimum Gasteiger partial charge on any atom is -0.462 e. The number of halogens is 1. The molecule has 2 N–H and O–H groups in total. The van der Waals surface area contributed by atoms with Gasteiger partial charge in [-0.05, 0) is 49.3 Å². The molecule has 7 nitrogen and oxygen atoms in total. The molecule has 4 atom stereocenters. The number of hydrogen-bond donors (Lipinski definition) is 2. The number of piperidine rings is 1. The van der Waals surface area contributed by atoms with E-state index in [2.05, 4.69) is 5.32 Å². The maximum absolute atomic E-state index is 13.6. The Morgan fingerprint density at radius 1 is 1.20 bits per heavy atom. The summed E-state index contributed by atoms with van der Waals surface area (Å²) in [4.78, 5) is 39.9. The Balaban J connectivity index is 1.66. The number of hydrogen-bond acceptors (Lipinski definition) is 5. The van der Waals surface area contributed by atoms with Crippen molar-refractivity contribution in [2.75, 3.05) is 13.1 Å². The van der Waals surface area contributed by atoms with E-state index in [1.165, 1.54) is 0 Å². The zero-order chi connectivity index (χ0) is 26.0. The van der Waals surface area contributed by atoms with Crippen LogP contribution in [-0.4, -0.2) is 53.0 Å². The standard InChI is InChI=1S/C27H39ClN2O5/c1-6-22(31)35-21-12-7-18(15-21)24(32)29-23(17(2)3)25(33)30-14-13-27(34,26(4,5)16-30)19-8-10-20(28)11-9-19/h8-11,17-18,21,23,34H,6-7,12-16H2,1-5H3,(H,29,32)/t18-,21+,23-,27-/m1/s1. The number of rotatable bonds is 7. The Labute approximate surface area is 213 Å². The van der Waals surface area contributed by atoms with E-state index in [-0.39, 0.29) is 35.7 Å². The first-order valence-corrected chi connectivity index (χ1v) is 13.0. The number of ether oxygens (including phenoxy) is 1. The summed E-state index contributed by atoms with van der Waals surface area (Å²) in [5.74, 6) is -0.918. The number of carbonyl (C=O) groups excluding carboxylic acids is 3. The van der Waals surface area contributed by atoms with E-state index in [4.69, 9.17) is 16.3 Å². The second kappa shape index (κ2) is 10.9. The van der Waals surface area contributed by atoms with Gasteiger partial charge in [0.15, 0.2) is 0 Å². The fourth-order valence-electron chi connectivity index (χ4n) is 5.31. The lowest BCUT2D eigenvalue weighted by atomic mass is 9.66. The smallest absolute Gasteiger partial charge is 0.305 e. The molecule has 1 aliphatic heterocycles. The second-order valence-corrected chi connectivity index (χ2v) is 11.4. The molecular formula is C27H39ClN2O5. The molecule has 2 aliphatic rings. The number of benzene rings is 1. The highest BCUT2D eigenvalue weighted by molar-refractivity contribution is 6.30. The number of aliphatic hydroxyl groups is 1. The van der Waals surface area contributed by atoms with E-state index < -0.39 is 17.1 Å². The maximum atomic E-state index is 13.6. The van der Waals surface area contributed by atoms with Crippen LogP contribution in [0.1, 0.15) is 72.3 Å². The van der Waals surface area contributed by atoms with Crippen LogP contribution in [0.3, 0.4) is 0 Å². The van der Waals surface area contributed by atoms with Gasteiger partial charge in [-0.25, -0.2) is 0 Å². The van der Waals surface area contributed by atoms with Gasteiger partial charge >= 0.3 is 5.97 Å². The van der Waals surface area contributed by atoms with Crippen LogP contribution in [0.25, 0.3) is 0 Å². The average molecular weight is 507 g/mol. The lowest BCUT2D eigenvalue weighted by Gasteiger charge is -2.51. The van der Waals surface area contributed by atoms with Gasteiger partial charge in [-0.2, -0.15) is 0 Å². The SMILES string of the molecule is CCC(=O)O[C@H]1CC[C@@H](C(=O)N[C@@H](C(=O)N2CC[C@@](O)(c3ccc(Cl)cc3)C(C)(C)C2)C(C)C)C1. The largest absolute Gasteiger partial charge is 0.462 e. The lowest BCUT2D eigenvalue weighted by molar-refractivity contribution is -0.157. The number of amides is 2. The summed E-state index contributed by atoms with van der Waals surface area (Å²) in [7, 11) is 0. The molecule has 35 heavy (non-hydrogen) atoms. The molecule has 194 valence electrons. The van der Waals surface area contributed by atoms with Gasteiger partial charge in [0.1, 0.15) is 12.1 Å². The van der Waals surface area contributed by atoms with Crippen molar-refractivity contribution in [3.63, 3.8) is 0 Å². The number of nitrogens with one attached hydrogen (secondary N) is 1. The van der Waals surface area contributed by atoms with Crippen molar-refractivity contribution < 1.29 is 24.2 Å². The van der Waals surface area contributed by atoms with Gasteiger partial charge in [0.2, 0.25) is 11.8 Å². The van der Waals surface area contributed by atoms with Crippen LogP contribution in [0.2, 0.25) is 5.02 Å². The van der Waals surface area contributed by atoms with Crippen LogP contribution in [0.15, 0.2) is 24.3 Å². The first kappa shape index (κ1) is 27.5. The number of esters is 1. The number of nitrogens with zero attached hydrogens (tertiary/aromatic N) is 1. The Bertz CT molecular complexity index is 932. The van der Waals surface area contributed by atoms with Crippen molar-refractivity contribution in [2.45, 2.75) is 84.5 Å². The zero-order valence-corrected chi connectivity index (χ0v) is 22.2. The summed E-state index contributed by atoms with van der Waals surface area (Å²) >= 11 is 6.03. The molecular weight excluding hydrogens is 468 g/mol. The minimum absolute atomic E-state index is 0.0956. The van der Waals surface area contributed by atoms with E-state index in [0.717, 1.165) is 5.56 Å². The van der Waals surface area contributed by atoms with Crippen molar-refractivity contribution in [3.05, 3.63) is 34.9 Å². The van der Waals surface area contributed by atoms with Crippen LogP contribution >= 0.6 is 11.6 Å². The summed E-state index contributed by atoms with van der Waals surface area (Å²) in [6, 6.07) is 6.56. The van der Waals surface area contributed by atoms with E-state index in [0.29, 0.717) is 50.2 Å². The summed E-state index contributed by atoms with van der Waals surface area (Å²) in [5.41, 5.74) is -0.922. The van der Waals surface area contributed by atoms with Gasteiger partial charge < -0.3 is 20.1 Å². The normalized spacial score (nSPS) is 26.9. The molecule has 1 aromatic rings. The quantitative estimate of drug-likeness (QED) is 0.544. The molecule has 0 radical (unpaired) electrons. The molecule has 1 aliphatic carbocycles. The first-order chi connectivity index (χ1) is 16.4. The highest BCUT2D eigenvalue weighted by atomic mass is 35.5. The third-order valence-electron chi connectivity index (χ3n) is 7.66. The minimum atomic E-state index is -1.10. The fourth-order valence-corrected chi connectivity index (χ4v) is 5.43. The predicted octanol–water partition coefficient (Wildman–Crippen LogP) is 4.05. The van der Waals surface area contributed by atoms with E-state index in [1.54, 1.807) is 24.0 Å². The number of carbonyl (C=O) groups is 3. The van der Waals surface area contributed by atoms with Gasteiger partial charge in [-0.3, -0.25) is 14.4 Å². The Morgan fingerprint density at radius 3 is 2.43 bits per heavy atom. The van der Waals surface area contributed by atoms with Crippen LogP contribution in [0, 0.1) is 17.3 Å². The fraction of sp³-hybridized carbons (Fsp3) is 0.667. The molecule has 0 spiro atoms.